The van der Waals surface area contributed by atoms with E-state index in [9.17, 15) is 0 Å². The Morgan fingerprint density at radius 3 is 2.44 bits per heavy atom. The van der Waals surface area contributed by atoms with Crippen molar-refractivity contribution < 1.29 is 0 Å². The second-order valence-electron chi connectivity index (χ2n) is 4.17. The molecule has 94 valence electrons. The molecule has 0 aromatic heterocycles. The first-order valence-electron chi connectivity index (χ1n) is 6.00. The van der Waals surface area contributed by atoms with E-state index < -0.39 is 0 Å². The predicted octanol–water partition coefficient (Wildman–Crippen LogP) is 3.61. The fraction of sp³-hybridized carbons (Fsp3) is 0.200. The lowest BCUT2D eigenvalue weighted by molar-refractivity contribution is 0.961. The monoisotopic (exact) mass is 260 g/mol. The maximum absolute atomic E-state index is 6.26. The molecular formula is C15H17ClN2. The number of nitrogens with zero attached hydrogens (tertiary/aromatic N) is 1. The molecule has 2 nitrogen and oxygen atoms in total. The summed E-state index contributed by atoms with van der Waals surface area (Å²) in [5.41, 5.74) is 9.01. The van der Waals surface area contributed by atoms with E-state index in [0.29, 0.717) is 6.54 Å². The minimum atomic E-state index is 0.597. The van der Waals surface area contributed by atoms with Gasteiger partial charge in [-0.3, -0.25) is 0 Å². The van der Waals surface area contributed by atoms with Gasteiger partial charge in [-0.15, -0.1) is 0 Å². The molecule has 0 saturated carbocycles. The molecule has 0 heterocycles. The second kappa shape index (κ2) is 5.89. The summed E-state index contributed by atoms with van der Waals surface area (Å²) in [6, 6.07) is 16.2. The van der Waals surface area contributed by atoms with Crippen molar-refractivity contribution in [3.8, 4) is 0 Å². The molecule has 2 rings (SSSR count). The van der Waals surface area contributed by atoms with E-state index >= 15 is 0 Å². The van der Waals surface area contributed by atoms with Crippen LogP contribution in [0.1, 0.15) is 5.56 Å². The maximum atomic E-state index is 6.26. The summed E-state index contributed by atoms with van der Waals surface area (Å²) in [5, 5.41) is 0.778. The topological polar surface area (TPSA) is 29.3 Å². The first-order valence-corrected chi connectivity index (χ1v) is 6.38. The third-order valence-corrected chi connectivity index (χ3v) is 3.35. The normalized spacial score (nSPS) is 10.4. The van der Waals surface area contributed by atoms with Gasteiger partial charge < -0.3 is 10.6 Å². The lowest BCUT2D eigenvalue weighted by atomic mass is 10.1. The van der Waals surface area contributed by atoms with E-state index in [1.165, 1.54) is 0 Å². The van der Waals surface area contributed by atoms with Crippen LogP contribution in [0.5, 0.6) is 0 Å². The highest BCUT2D eigenvalue weighted by molar-refractivity contribution is 6.31. The third kappa shape index (κ3) is 2.66. The van der Waals surface area contributed by atoms with E-state index in [4.69, 9.17) is 17.3 Å². The Morgan fingerprint density at radius 2 is 1.78 bits per heavy atom. The van der Waals surface area contributed by atoms with Crippen LogP contribution in [0.25, 0.3) is 0 Å². The van der Waals surface area contributed by atoms with Gasteiger partial charge in [0.15, 0.2) is 0 Å². The minimum absolute atomic E-state index is 0.597. The van der Waals surface area contributed by atoms with Crippen LogP contribution in [-0.2, 0) is 6.42 Å². The molecule has 3 heteroatoms. The average molecular weight is 261 g/mol. The van der Waals surface area contributed by atoms with Crippen LogP contribution in [0, 0.1) is 0 Å². The molecule has 0 unspecified atom stereocenters. The van der Waals surface area contributed by atoms with Gasteiger partial charge in [-0.05, 0) is 42.8 Å². The molecule has 0 fully saturated rings. The molecule has 2 aromatic rings. The van der Waals surface area contributed by atoms with Gasteiger partial charge in [0, 0.05) is 23.4 Å². The highest BCUT2D eigenvalue weighted by Crippen LogP contribution is 2.31. The molecule has 0 aliphatic rings. The van der Waals surface area contributed by atoms with Crippen LogP contribution in [-0.4, -0.2) is 13.6 Å². The lowest BCUT2D eigenvalue weighted by Crippen LogP contribution is -2.14. The van der Waals surface area contributed by atoms with Crippen LogP contribution in [0.15, 0.2) is 48.5 Å². The van der Waals surface area contributed by atoms with Crippen molar-refractivity contribution in [1.29, 1.82) is 0 Å². The number of anilines is 2. The second-order valence-corrected chi connectivity index (χ2v) is 4.58. The van der Waals surface area contributed by atoms with E-state index in [0.717, 1.165) is 28.4 Å². The van der Waals surface area contributed by atoms with Gasteiger partial charge in [-0.1, -0.05) is 35.9 Å². The Hall–Kier alpha value is -1.51. The van der Waals surface area contributed by atoms with Gasteiger partial charge in [0.1, 0.15) is 0 Å². The first kappa shape index (κ1) is 12.9. The quantitative estimate of drug-likeness (QED) is 0.910. The van der Waals surface area contributed by atoms with Gasteiger partial charge in [0.25, 0.3) is 0 Å². The zero-order chi connectivity index (χ0) is 13.0. The van der Waals surface area contributed by atoms with Crippen molar-refractivity contribution in [1.82, 2.24) is 0 Å². The summed E-state index contributed by atoms with van der Waals surface area (Å²) in [6.45, 7) is 0.597. The fourth-order valence-corrected chi connectivity index (χ4v) is 2.31. The third-order valence-electron chi connectivity index (χ3n) is 2.99. The zero-order valence-corrected chi connectivity index (χ0v) is 11.2. The largest absolute Gasteiger partial charge is 0.344 e. The Bertz CT molecular complexity index is 511. The van der Waals surface area contributed by atoms with Gasteiger partial charge in [0.05, 0.1) is 0 Å². The fourth-order valence-electron chi connectivity index (χ4n) is 2.04. The summed E-state index contributed by atoms with van der Waals surface area (Å²) in [4.78, 5) is 2.14. The van der Waals surface area contributed by atoms with Gasteiger partial charge in [-0.25, -0.2) is 0 Å². The number of benzene rings is 2. The smallest absolute Gasteiger partial charge is 0.0459 e. The molecule has 0 spiro atoms. The highest BCUT2D eigenvalue weighted by atomic mass is 35.5. The van der Waals surface area contributed by atoms with E-state index in [1.54, 1.807) is 0 Å². The Morgan fingerprint density at radius 1 is 1.06 bits per heavy atom. The standard InChI is InChI=1S/C15H17ClN2/c1-18(12-6-3-2-4-7-12)15-9-5-8-14(16)13(15)10-11-17/h2-9H,10-11,17H2,1H3. The van der Waals surface area contributed by atoms with E-state index in [-0.39, 0.29) is 0 Å². The van der Waals surface area contributed by atoms with Crippen molar-refractivity contribution in [2.45, 2.75) is 6.42 Å². The summed E-state index contributed by atoms with van der Waals surface area (Å²) in [7, 11) is 2.04. The lowest BCUT2D eigenvalue weighted by Gasteiger charge is -2.23. The highest BCUT2D eigenvalue weighted by Gasteiger charge is 2.11. The molecule has 2 aromatic carbocycles. The number of rotatable bonds is 4. The summed E-state index contributed by atoms with van der Waals surface area (Å²) >= 11 is 6.26. The molecule has 0 radical (unpaired) electrons. The number of halogens is 1. The summed E-state index contributed by atoms with van der Waals surface area (Å²) in [5.74, 6) is 0. The molecule has 0 atom stereocenters. The molecule has 2 N–H and O–H groups in total. The van der Waals surface area contributed by atoms with Crippen LogP contribution >= 0.6 is 11.6 Å². The van der Waals surface area contributed by atoms with Crippen molar-refractivity contribution in [2.24, 2.45) is 5.73 Å². The zero-order valence-electron chi connectivity index (χ0n) is 10.4. The Balaban J connectivity index is 2.41. The Kier molecular flexibility index (Phi) is 4.24. The average Bonchev–Trinajstić information content (AvgIpc) is 2.41. The number of para-hydroxylation sites is 1. The van der Waals surface area contributed by atoms with Gasteiger partial charge in [-0.2, -0.15) is 0 Å². The summed E-state index contributed by atoms with van der Waals surface area (Å²) in [6.07, 6.45) is 0.784. The summed E-state index contributed by atoms with van der Waals surface area (Å²) < 4.78 is 0. The van der Waals surface area contributed by atoms with E-state index in [1.807, 2.05) is 37.4 Å². The Labute approximate surface area is 113 Å². The van der Waals surface area contributed by atoms with Crippen molar-refractivity contribution >= 4 is 23.0 Å². The van der Waals surface area contributed by atoms with Gasteiger partial charge in [0.2, 0.25) is 0 Å². The van der Waals surface area contributed by atoms with Crippen LogP contribution < -0.4 is 10.6 Å². The molecule has 0 bridgehead atoms. The molecule has 0 aliphatic carbocycles. The van der Waals surface area contributed by atoms with Crippen LogP contribution in [0.2, 0.25) is 5.02 Å². The SMILES string of the molecule is CN(c1ccccc1)c1cccc(Cl)c1CCN. The number of hydrogen-bond acceptors (Lipinski definition) is 2. The molecule has 0 aliphatic heterocycles. The molecule has 0 amide bonds. The van der Waals surface area contributed by atoms with Crippen LogP contribution in [0.3, 0.4) is 0 Å². The van der Waals surface area contributed by atoms with E-state index in [2.05, 4.69) is 23.1 Å². The molecule has 18 heavy (non-hydrogen) atoms. The van der Waals surface area contributed by atoms with Crippen molar-refractivity contribution in [2.75, 3.05) is 18.5 Å². The molecular weight excluding hydrogens is 244 g/mol. The minimum Gasteiger partial charge on any atom is -0.344 e. The maximum Gasteiger partial charge on any atom is 0.0459 e. The first-order chi connectivity index (χ1) is 8.74. The van der Waals surface area contributed by atoms with Gasteiger partial charge >= 0.3 is 0 Å². The van der Waals surface area contributed by atoms with Crippen molar-refractivity contribution in [3.63, 3.8) is 0 Å². The number of hydrogen-bond donors (Lipinski definition) is 1. The molecule has 0 saturated heterocycles. The van der Waals surface area contributed by atoms with Crippen molar-refractivity contribution in [3.05, 3.63) is 59.1 Å². The number of nitrogens with two attached hydrogens (primary N) is 1. The predicted molar refractivity (Wildman–Crippen MR) is 78.7 cm³/mol. The van der Waals surface area contributed by atoms with Crippen LogP contribution in [0.4, 0.5) is 11.4 Å².